The molecule has 0 bridgehead atoms. The summed E-state index contributed by atoms with van der Waals surface area (Å²) in [5, 5.41) is 21.2. The lowest BCUT2D eigenvalue weighted by atomic mass is 9.89. The minimum Gasteiger partial charge on any atom is -0.507 e. The SMILES string of the molecule is CC(C)c1ccccc1-c1c(O)ccc(-c2ccccc2)c1O. The third-order valence-corrected chi connectivity index (χ3v) is 4.09. The Balaban J connectivity index is 2.25. The molecule has 0 unspecified atom stereocenters. The maximum absolute atomic E-state index is 10.8. The Morgan fingerprint density at radius 3 is 2.04 bits per heavy atom. The van der Waals surface area contributed by atoms with Gasteiger partial charge in [0.2, 0.25) is 0 Å². The Labute approximate surface area is 136 Å². The molecule has 3 rings (SSSR count). The van der Waals surface area contributed by atoms with Crippen LogP contribution in [-0.4, -0.2) is 10.2 Å². The largest absolute Gasteiger partial charge is 0.507 e. The van der Waals surface area contributed by atoms with Crippen LogP contribution in [0.25, 0.3) is 22.3 Å². The lowest BCUT2D eigenvalue weighted by Gasteiger charge is -2.17. The third kappa shape index (κ3) is 2.80. The molecular formula is C21H20O2. The quantitative estimate of drug-likeness (QED) is 0.665. The van der Waals surface area contributed by atoms with Gasteiger partial charge in [-0.1, -0.05) is 68.4 Å². The molecule has 0 fully saturated rings. The standard InChI is InChI=1S/C21H20O2/c1-14(2)16-10-6-7-11-18(16)20-19(22)13-12-17(21(20)23)15-8-4-3-5-9-15/h3-14,22-23H,1-2H3. The van der Waals surface area contributed by atoms with Crippen LogP contribution in [0.2, 0.25) is 0 Å². The first-order valence-corrected chi connectivity index (χ1v) is 7.79. The Bertz CT molecular complexity index is 821. The molecule has 0 heterocycles. The third-order valence-electron chi connectivity index (χ3n) is 4.09. The summed E-state index contributed by atoms with van der Waals surface area (Å²) < 4.78 is 0. The van der Waals surface area contributed by atoms with E-state index in [4.69, 9.17) is 0 Å². The zero-order valence-electron chi connectivity index (χ0n) is 13.3. The van der Waals surface area contributed by atoms with Crippen molar-refractivity contribution in [3.8, 4) is 33.8 Å². The van der Waals surface area contributed by atoms with Crippen molar-refractivity contribution in [2.75, 3.05) is 0 Å². The number of hydrogen-bond donors (Lipinski definition) is 2. The van der Waals surface area contributed by atoms with Crippen LogP contribution in [0.4, 0.5) is 0 Å². The van der Waals surface area contributed by atoms with Crippen LogP contribution in [0, 0.1) is 0 Å². The molecule has 23 heavy (non-hydrogen) atoms. The zero-order valence-corrected chi connectivity index (χ0v) is 13.3. The van der Waals surface area contributed by atoms with Crippen molar-refractivity contribution in [1.29, 1.82) is 0 Å². The van der Waals surface area contributed by atoms with Gasteiger partial charge in [0.05, 0.1) is 5.56 Å². The summed E-state index contributed by atoms with van der Waals surface area (Å²) in [5.41, 5.74) is 4.11. The van der Waals surface area contributed by atoms with Gasteiger partial charge in [0.15, 0.2) is 0 Å². The molecule has 0 aromatic heterocycles. The molecule has 0 amide bonds. The van der Waals surface area contributed by atoms with Gasteiger partial charge in [0, 0.05) is 5.56 Å². The van der Waals surface area contributed by atoms with Crippen molar-refractivity contribution in [2.45, 2.75) is 19.8 Å². The van der Waals surface area contributed by atoms with Gasteiger partial charge in [0.25, 0.3) is 0 Å². The minimum atomic E-state index is 0.0929. The number of rotatable bonds is 3. The molecule has 2 N–H and O–H groups in total. The van der Waals surface area contributed by atoms with Crippen molar-refractivity contribution in [3.05, 3.63) is 72.3 Å². The van der Waals surface area contributed by atoms with E-state index in [1.807, 2.05) is 54.6 Å². The monoisotopic (exact) mass is 304 g/mol. The van der Waals surface area contributed by atoms with E-state index < -0.39 is 0 Å². The fourth-order valence-electron chi connectivity index (χ4n) is 2.92. The number of phenols is 2. The molecule has 2 heteroatoms. The summed E-state index contributed by atoms with van der Waals surface area (Å²) in [6.45, 7) is 4.21. The average molecular weight is 304 g/mol. The van der Waals surface area contributed by atoms with Crippen molar-refractivity contribution < 1.29 is 10.2 Å². The Morgan fingerprint density at radius 2 is 1.35 bits per heavy atom. The van der Waals surface area contributed by atoms with Gasteiger partial charge in [0.1, 0.15) is 11.5 Å². The molecule has 3 aromatic rings. The van der Waals surface area contributed by atoms with E-state index in [0.29, 0.717) is 11.5 Å². The first-order valence-electron chi connectivity index (χ1n) is 7.79. The van der Waals surface area contributed by atoms with Gasteiger partial charge in [-0.25, -0.2) is 0 Å². The van der Waals surface area contributed by atoms with Gasteiger partial charge in [-0.2, -0.15) is 0 Å². The van der Waals surface area contributed by atoms with Gasteiger partial charge >= 0.3 is 0 Å². The van der Waals surface area contributed by atoms with Gasteiger partial charge < -0.3 is 10.2 Å². The highest BCUT2D eigenvalue weighted by molar-refractivity contribution is 5.87. The van der Waals surface area contributed by atoms with Gasteiger partial charge in [-0.05, 0) is 34.7 Å². The lowest BCUT2D eigenvalue weighted by Crippen LogP contribution is -1.93. The van der Waals surface area contributed by atoms with E-state index in [1.54, 1.807) is 12.1 Å². The van der Waals surface area contributed by atoms with Crippen LogP contribution < -0.4 is 0 Å². The average Bonchev–Trinajstić information content (AvgIpc) is 2.56. The van der Waals surface area contributed by atoms with Crippen molar-refractivity contribution in [1.82, 2.24) is 0 Å². The first kappa shape index (κ1) is 15.2. The van der Waals surface area contributed by atoms with Crippen molar-refractivity contribution >= 4 is 0 Å². The highest BCUT2D eigenvalue weighted by Crippen LogP contribution is 2.45. The van der Waals surface area contributed by atoms with E-state index in [0.717, 1.165) is 22.3 Å². The molecule has 0 saturated heterocycles. The molecule has 0 aliphatic rings. The maximum Gasteiger partial charge on any atom is 0.134 e. The number of aromatic hydroxyl groups is 2. The van der Waals surface area contributed by atoms with Crippen LogP contribution in [0.15, 0.2) is 66.7 Å². The van der Waals surface area contributed by atoms with Crippen molar-refractivity contribution in [2.24, 2.45) is 0 Å². The number of phenolic OH excluding ortho intramolecular Hbond substituents is 2. The van der Waals surface area contributed by atoms with E-state index in [1.165, 1.54) is 0 Å². The summed E-state index contributed by atoms with van der Waals surface area (Å²) in [6.07, 6.45) is 0. The molecular weight excluding hydrogens is 284 g/mol. The van der Waals surface area contributed by atoms with E-state index in [-0.39, 0.29) is 11.5 Å². The van der Waals surface area contributed by atoms with Crippen LogP contribution in [-0.2, 0) is 0 Å². The van der Waals surface area contributed by atoms with Crippen LogP contribution in [0.3, 0.4) is 0 Å². The Morgan fingerprint density at radius 1 is 0.696 bits per heavy atom. The van der Waals surface area contributed by atoms with Crippen molar-refractivity contribution in [3.63, 3.8) is 0 Å². The Kier molecular flexibility index (Phi) is 4.07. The molecule has 0 aliphatic carbocycles. The molecule has 0 radical (unpaired) electrons. The summed E-state index contributed by atoms with van der Waals surface area (Å²) in [4.78, 5) is 0. The molecule has 116 valence electrons. The van der Waals surface area contributed by atoms with Crippen LogP contribution in [0.1, 0.15) is 25.3 Å². The normalized spacial score (nSPS) is 10.9. The second-order valence-electron chi connectivity index (χ2n) is 5.96. The molecule has 3 aromatic carbocycles. The molecule has 0 atom stereocenters. The van der Waals surface area contributed by atoms with Crippen LogP contribution in [0.5, 0.6) is 11.5 Å². The lowest BCUT2D eigenvalue weighted by molar-refractivity contribution is 0.455. The van der Waals surface area contributed by atoms with Gasteiger partial charge in [-0.15, -0.1) is 0 Å². The second-order valence-corrected chi connectivity index (χ2v) is 5.96. The first-order chi connectivity index (χ1) is 11.1. The molecule has 2 nitrogen and oxygen atoms in total. The minimum absolute atomic E-state index is 0.0929. The van der Waals surface area contributed by atoms with E-state index in [2.05, 4.69) is 13.8 Å². The number of benzene rings is 3. The highest BCUT2D eigenvalue weighted by atomic mass is 16.3. The predicted molar refractivity (Wildman–Crippen MR) is 94.7 cm³/mol. The summed E-state index contributed by atoms with van der Waals surface area (Å²) in [5.74, 6) is 0.505. The summed E-state index contributed by atoms with van der Waals surface area (Å²) in [6, 6.07) is 21.0. The Hall–Kier alpha value is -2.74. The van der Waals surface area contributed by atoms with E-state index in [9.17, 15) is 10.2 Å². The maximum atomic E-state index is 10.8. The fraction of sp³-hybridized carbons (Fsp3) is 0.143. The smallest absolute Gasteiger partial charge is 0.134 e. The van der Waals surface area contributed by atoms with Gasteiger partial charge in [-0.3, -0.25) is 0 Å². The highest BCUT2D eigenvalue weighted by Gasteiger charge is 2.18. The second kappa shape index (κ2) is 6.17. The van der Waals surface area contributed by atoms with E-state index >= 15 is 0 Å². The molecule has 0 aliphatic heterocycles. The molecule has 0 spiro atoms. The molecule has 0 saturated carbocycles. The summed E-state index contributed by atoms with van der Waals surface area (Å²) >= 11 is 0. The number of hydrogen-bond acceptors (Lipinski definition) is 2. The fourth-order valence-corrected chi connectivity index (χ4v) is 2.92. The predicted octanol–water partition coefficient (Wildman–Crippen LogP) is 5.56. The summed E-state index contributed by atoms with van der Waals surface area (Å²) in [7, 11) is 0. The topological polar surface area (TPSA) is 40.5 Å². The zero-order chi connectivity index (χ0) is 16.4. The van der Waals surface area contributed by atoms with Crippen LogP contribution >= 0.6 is 0 Å².